The summed E-state index contributed by atoms with van der Waals surface area (Å²) in [6, 6.07) is 8.64. The Balaban J connectivity index is 0.00000261. The average Bonchev–Trinajstić information content (AvgIpc) is 2.65. The predicted molar refractivity (Wildman–Crippen MR) is 126 cm³/mol. The molecule has 0 amide bonds. The predicted octanol–water partition coefficient (Wildman–Crippen LogP) is 1.90. The number of aliphatic imine (C=N–C) groups is 1. The first-order valence-electron chi connectivity index (χ1n) is 9.41. The van der Waals surface area contributed by atoms with Crippen molar-refractivity contribution in [2.24, 2.45) is 4.99 Å². The number of anilines is 1. The van der Waals surface area contributed by atoms with Crippen molar-refractivity contribution in [3.8, 4) is 0 Å². The van der Waals surface area contributed by atoms with Crippen LogP contribution in [0.4, 0.5) is 5.69 Å². The molecule has 27 heavy (non-hydrogen) atoms. The molecule has 8 heteroatoms. The van der Waals surface area contributed by atoms with Crippen LogP contribution in [0.2, 0.25) is 5.02 Å². The Morgan fingerprint density at radius 2 is 1.89 bits per heavy atom. The third-order valence-electron chi connectivity index (χ3n) is 5.44. The van der Waals surface area contributed by atoms with Crippen molar-refractivity contribution >= 4 is 47.2 Å². The van der Waals surface area contributed by atoms with Gasteiger partial charge in [-0.2, -0.15) is 0 Å². The maximum absolute atomic E-state index is 6.13. The largest absolute Gasteiger partial charge is 0.368 e. The molecule has 6 nitrogen and oxygen atoms in total. The maximum Gasteiger partial charge on any atom is 0.193 e. The van der Waals surface area contributed by atoms with Gasteiger partial charge in [0.05, 0.1) is 0 Å². The summed E-state index contributed by atoms with van der Waals surface area (Å²) in [6.07, 6.45) is 0. The molecule has 0 aromatic heterocycles. The number of likely N-dealkylation sites (N-methyl/N-ethyl adjacent to an activating group) is 2. The van der Waals surface area contributed by atoms with E-state index in [4.69, 9.17) is 11.6 Å². The van der Waals surface area contributed by atoms with Gasteiger partial charge in [0.15, 0.2) is 5.96 Å². The van der Waals surface area contributed by atoms with Crippen LogP contribution in [0.1, 0.15) is 0 Å². The lowest BCUT2D eigenvalue weighted by molar-refractivity contribution is 0.116. The summed E-state index contributed by atoms with van der Waals surface area (Å²) >= 11 is 6.13. The Kier molecular flexibility index (Phi) is 8.91. The molecule has 2 fully saturated rings. The fraction of sp³-hybridized carbons (Fsp3) is 0.632. The first kappa shape index (κ1) is 22.5. The zero-order chi connectivity index (χ0) is 18.5. The second-order valence-electron chi connectivity index (χ2n) is 7.28. The van der Waals surface area contributed by atoms with E-state index in [1.54, 1.807) is 0 Å². The minimum Gasteiger partial charge on any atom is -0.368 e. The monoisotopic (exact) mass is 506 g/mol. The van der Waals surface area contributed by atoms with Crippen LogP contribution in [0.15, 0.2) is 29.3 Å². The molecule has 1 aromatic rings. The lowest BCUT2D eigenvalue weighted by Gasteiger charge is -2.40. The SMILES string of the molecule is CN=C(NCC1CN(C)CCN1C)N1CCN(c2cccc(Cl)c2)CC1.I. The molecule has 0 bridgehead atoms. The number of nitrogens with zero attached hydrogens (tertiary/aromatic N) is 5. The zero-order valence-electron chi connectivity index (χ0n) is 16.6. The molecule has 1 N–H and O–H groups in total. The van der Waals surface area contributed by atoms with Crippen molar-refractivity contribution in [3.05, 3.63) is 29.3 Å². The van der Waals surface area contributed by atoms with Gasteiger partial charge in [0.1, 0.15) is 0 Å². The fourth-order valence-electron chi connectivity index (χ4n) is 3.71. The summed E-state index contributed by atoms with van der Waals surface area (Å²) in [4.78, 5) is 14.1. The molecule has 1 aromatic carbocycles. The third-order valence-corrected chi connectivity index (χ3v) is 5.68. The molecular formula is C19H32ClIN6. The summed E-state index contributed by atoms with van der Waals surface area (Å²) in [5.41, 5.74) is 1.20. The van der Waals surface area contributed by atoms with Crippen LogP contribution in [-0.4, -0.2) is 100 Å². The lowest BCUT2D eigenvalue weighted by atomic mass is 10.2. The van der Waals surface area contributed by atoms with E-state index in [1.807, 2.05) is 25.2 Å². The van der Waals surface area contributed by atoms with Gasteiger partial charge in [-0.15, -0.1) is 24.0 Å². The molecule has 2 heterocycles. The van der Waals surface area contributed by atoms with E-state index in [2.05, 4.69) is 50.1 Å². The van der Waals surface area contributed by atoms with Crippen LogP contribution in [-0.2, 0) is 0 Å². The van der Waals surface area contributed by atoms with Crippen molar-refractivity contribution in [2.75, 3.05) is 78.4 Å². The van der Waals surface area contributed by atoms with Gasteiger partial charge < -0.3 is 20.0 Å². The topological polar surface area (TPSA) is 37.4 Å². The number of hydrogen-bond donors (Lipinski definition) is 1. The van der Waals surface area contributed by atoms with Crippen LogP contribution < -0.4 is 10.2 Å². The van der Waals surface area contributed by atoms with Crippen molar-refractivity contribution < 1.29 is 0 Å². The van der Waals surface area contributed by atoms with Crippen molar-refractivity contribution in [1.29, 1.82) is 0 Å². The second-order valence-corrected chi connectivity index (χ2v) is 7.72. The first-order chi connectivity index (χ1) is 12.6. The number of halogens is 2. The standard InChI is InChI=1S/C19H31ClN6.HI/c1-21-19(22-14-18-15-23(2)7-8-24(18)3)26-11-9-25(10-12-26)17-6-4-5-16(20)13-17;/h4-6,13,18H,7-12,14-15H2,1-3H3,(H,21,22);1H. The van der Waals surface area contributed by atoms with Gasteiger partial charge in [0.2, 0.25) is 0 Å². The molecule has 0 radical (unpaired) electrons. The van der Waals surface area contributed by atoms with E-state index in [0.29, 0.717) is 6.04 Å². The van der Waals surface area contributed by atoms with E-state index in [1.165, 1.54) is 5.69 Å². The van der Waals surface area contributed by atoms with Gasteiger partial charge in [0, 0.05) is 76.2 Å². The highest BCUT2D eigenvalue weighted by atomic mass is 127. The quantitative estimate of drug-likeness (QED) is 0.385. The number of piperazine rings is 2. The number of benzene rings is 1. The minimum atomic E-state index is 0. The molecule has 1 unspecified atom stereocenters. The Hall–Kier alpha value is -0.770. The maximum atomic E-state index is 6.13. The Bertz CT molecular complexity index is 620. The highest BCUT2D eigenvalue weighted by Crippen LogP contribution is 2.20. The normalized spacial score (nSPS) is 22.5. The third kappa shape index (κ3) is 6.10. The van der Waals surface area contributed by atoms with Crippen LogP contribution in [0, 0.1) is 0 Å². The molecule has 0 saturated carbocycles. The van der Waals surface area contributed by atoms with E-state index in [9.17, 15) is 0 Å². The summed E-state index contributed by atoms with van der Waals surface area (Å²) in [7, 11) is 6.29. The van der Waals surface area contributed by atoms with Crippen molar-refractivity contribution in [3.63, 3.8) is 0 Å². The van der Waals surface area contributed by atoms with E-state index in [0.717, 1.165) is 63.3 Å². The number of rotatable bonds is 3. The minimum absolute atomic E-state index is 0. The van der Waals surface area contributed by atoms with Crippen molar-refractivity contribution in [1.82, 2.24) is 20.0 Å². The number of guanidine groups is 1. The smallest absolute Gasteiger partial charge is 0.193 e. The van der Waals surface area contributed by atoms with Crippen LogP contribution in [0.25, 0.3) is 0 Å². The van der Waals surface area contributed by atoms with Gasteiger partial charge in [-0.05, 0) is 32.3 Å². The Labute approximate surface area is 185 Å². The fourth-order valence-corrected chi connectivity index (χ4v) is 3.90. The Morgan fingerprint density at radius 3 is 2.56 bits per heavy atom. The molecule has 3 rings (SSSR count). The van der Waals surface area contributed by atoms with Gasteiger partial charge in [-0.3, -0.25) is 9.89 Å². The van der Waals surface area contributed by atoms with Gasteiger partial charge in [0.25, 0.3) is 0 Å². The average molecular weight is 507 g/mol. The molecule has 0 spiro atoms. The highest BCUT2D eigenvalue weighted by Gasteiger charge is 2.24. The van der Waals surface area contributed by atoms with Crippen LogP contribution in [0.3, 0.4) is 0 Å². The van der Waals surface area contributed by atoms with Gasteiger partial charge in [-0.25, -0.2) is 0 Å². The molecule has 0 aliphatic carbocycles. The first-order valence-corrected chi connectivity index (χ1v) is 9.79. The zero-order valence-corrected chi connectivity index (χ0v) is 19.7. The number of nitrogens with one attached hydrogen (secondary N) is 1. The second kappa shape index (κ2) is 10.7. The molecule has 2 saturated heterocycles. The van der Waals surface area contributed by atoms with Crippen molar-refractivity contribution in [2.45, 2.75) is 6.04 Å². The molecule has 152 valence electrons. The summed E-state index contributed by atoms with van der Waals surface area (Å²) in [6.45, 7) is 8.19. The van der Waals surface area contributed by atoms with Crippen LogP contribution >= 0.6 is 35.6 Å². The molecule has 2 aliphatic heterocycles. The number of hydrogen-bond acceptors (Lipinski definition) is 4. The summed E-state index contributed by atoms with van der Waals surface area (Å²) in [5, 5.41) is 4.39. The van der Waals surface area contributed by atoms with E-state index >= 15 is 0 Å². The molecule has 1 atom stereocenters. The summed E-state index contributed by atoms with van der Waals surface area (Å²) in [5.74, 6) is 1.01. The van der Waals surface area contributed by atoms with E-state index in [-0.39, 0.29) is 24.0 Å². The lowest BCUT2D eigenvalue weighted by Crippen LogP contribution is -2.57. The summed E-state index contributed by atoms with van der Waals surface area (Å²) < 4.78 is 0. The molecular weight excluding hydrogens is 475 g/mol. The van der Waals surface area contributed by atoms with Gasteiger partial charge in [-0.1, -0.05) is 17.7 Å². The Morgan fingerprint density at radius 1 is 1.15 bits per heavy atom. The highest BCUT2D eigenvalue weighted by molar-refractivity contribution is 14.0. The van der Waals surface area contributed by atoms with E-state index < -0.39 is 0 Å². The van der Waals surface area contributed by atoms with Gasteiger partial charge >= 0.3 is 0 Å². The molecule has 2 aliphatic rings. The van der Waals surface area contributed by atoms with Crippen LogP contribution in [0.5, 0.6) is 0 Å².